The highest BCUT2D eigenvalue weighted by atomic mass is 35.5. The molecule has 0 bridgehead atoms. The summed E-state index contributed by atoms with van der Waals surface area (Å²) in [4.78, 5) is 12.8. The molecule has 4 rings (SSSR count). The predicted molar refractivity (Wildman–Crippen MR) is 118 cm³/mol. The van der Waals surface area contributed by atoms with E-state index in [0.717, 1.165) is 5.56 Å². The number of para-hydroxylation sites is 1. The van der Waals surface area contributed by atoms with Crippen molar-refractivity contribution in [1.82, 2.24) is 14.9 Å². The summed E-state index contributed by atoms with van der Waals surface area (Å²) in [7, 11) is 0. The van der Waals surface area contributed by atoms with Gasteiger partial charge in [0, 0.05) is 27.9 Å². The number of aromatic nitrogens is 3. The summed E-state index contributed by atoms with van der Waals surface area (Å²) in [6.07, 6.45) is 1.72. The minimum Gasteiger partial charge on any atom is -0.489 e. The van der Waals surface area contributed by atoms with E-state index in [9.17, 15) is 4.79 Å². The van der Waals surface area contributed by atoms with E-state index in [2.05, 4.69) is 15.6 Å². The fraction of sp³-hybridized carbons (Fsp3) is 0.136. The van der Waals surface area contributed by atoms with Crippen LogP contribution >= 0.6 is 23.2 Å². The Morgan fingerprint density at radius 1 is 1.06 bits per heavy atom. The summed E-state index contributed by atoms with van der Waals surface area (Å²) in [6, 6.07) is 16.3. The van der Waals surface area contributed by atoms with Crippen LogP contribution in [0.25, 0.3) is 0 Å². The normalized spacial score (nSPS) is 10.8. The van der Waals surface area contributed by atoms with Gasteiger partial charge in [-0.2, -0.15) is 5.10 Å². The lowest BCUT2D eigenvalue weighted by Crippen LogP contribution is -2.16. The largest absolute Gasteiger partial charge is 0.489 e. The third kappa shape index (κ3) is 4.90. The van der Waals surface area contributed by atoms with E-state index in [4.69, 9.17) is 32.5 Å². The van der Waals surface area contributed by atoms with Crippen LogP contribution in [0.1, 0.15) is 27.4 Å². The lowest BCUT2D eigenvalue weighted by Gasteiger charge is -2.07. The van der Waals surface area contributed by atoms with Gasteiger partial charge in [-0.25, -0.2) is 0 Å². The lowest BCUT2D eigenvalue weighted by atomic mass is 10.2. The van der Waals surface area contributed by atoms with Gasteiger partial charge in [0.25, 0.3) is 5.91 Å². The molecular formula is C22H18Cl2N4O3. The van der Waals surface area contributed by atoms with Gasteiger partial charge in [-0.15, -0.1) is 0 Å². The van der Waals surface area contributed by atoms with E-state index in [1.165, 1.54) is 0 Å². The zero-order chi connectivity index (χ0) is 21.8. The molecule has 0 aliphatic heterocycles. The minimum atomic E-state index is -0.440. The number of rotatable bonds is 7. The molecule has 0 aliphatic carbocycles. The maximum atomic E-state index is 12.8. The molecule has 0 radical (unpaired) electrons. The van der Waals surface area contributed by atoms with Crippen LogP contribution in [0.2, 0.25) is 10.0 Å². The molecule has 4 aromatic rings. The number of amides is 1. The molecule has 1 amide bonds. The van der Waals surface area contributed by atoms with E-state index in [1.54, 1.807) is 42.1 Å². The zero-order valence-corrected chi connectivity index (χ0v) is 18.0. The number of benzene rings is 2. The Hall–Kier alpha value is -3.29. The Balaban J connectivity index is 1.45. The fourth-order valence-electron chi connectivity index (χ4n) is 2.95. The lowest BCUT2D eigenvalue weighted by molar-refractivity contribution is 0.101. The number of anilines is 1. The van der Waals surface area contributed by atoms with Gasteiger partial charge in [-0.3, -0.25) is 9.48 Å². The summed E-state index contributed by atoms with van der Waals surface area (Å²) < 4.78 is 12.6. The van der Waals surface area contributed by atoms with E-state index in [1.807, 2.05) is 30.3 Å². The van der Waals surface area contributed by atoms with Crippen LogP contribution < -0.4 is 10.1 Å². The average Bonchev–Trinajstić information content (AvgIpc) is 3.36. The second-order valence-electron chi connectivity index (χ2n) is 6.72. The number of nitrogens with zero attached hydrogens (tertiary/aromatic N) is 3. The van der Waals surface area contributed by atoms with Gasteiger partial charge in [0.15, 0.2) is 11.5 Å². The molecule has 2 aromatic carbocycles. The Bertz CT molecular complexity index is 1180. The summed E-state index contributed by atoms with van der Waals surface area (Å²) in [6.45, 7) is 2.25. The summed E-state index contributed by atoms with van der Waals surface area (Å²) in [5.41, 5.74) is 1.47. The van der Waals surface area contributed by atoms with Crippen LogP contribution in [0, 0.1) is 6.92 Å². The van der Waals surface area contributed by atoms with Crippen molar-refractivity contribution in [2.45, 2.75) is 20.1 Å². The summed E-state index contributed by atoms with van der Waals surface area (Å²) >= 11 is 12.4. The Morgan fingerprint density at radius 2 is 1.81 bits per heavy atom. The van der Waals surface area contributed by atoms with Crippen LogP contribution in [0.4, 0.5) is 5.82 Å². The van der Waals surface area contributed by atoms with Crippen LogP contribution in [0.15, 0.2) is 65.3 Å². The van der Waals surface area contributed by atoms with E-state index in [0.29, 0.717) is 39.5 Å². The smallest absolute Gasteiger partial charge is 0.279 e. The molecule has 7 nitrogen and oxygen atoms in total. The predicted octanol–water partition coefficient (Wildman–Crippen LogP) is 5.37. The second-order valence-corrected chi connectivity index (χ2v) is 7.53. The molecule has 0 spiro atoms. The molecule has 1 N–H and O–H groups in total. The van der Waals surface area contributed by atoms with Crippen molar-refractivity contribution < 1.29 is 14.1 Å². The standard InChI is InChI=1S/C22H18Cl2N4O3/c1-14-17(13-30-15-6-3-2-4-7-15)21(27-31-14)22(29)25-20-10-11-28(26-20)12-16-18(23)8-5-9-19(16)24/h2-11H,12-13H2,1H3,(H,25,26,29). The molecule has 0 unspecified atom stereocenters. The maximum Gasteiger partial charge on any atom is 0.279 e. The number of aryl methyl sites for hydroxylation is 1. The van der Waals surface area contributed by atoms with Crippen molar-refractivity contribution in [3.63, 3.8) is 0 Å². The van der Waals surface area contributed by atoms with Crippen molar-refractivity contribution in [2.24, 2.45) is 0 Å². The van der Waals surface area contributed by atoms with Crippen LogP contribution in [0.3, 0.4) is 0 Å². The first-order valence-corrected chi connectivity index (χ1v) is 10.2. The van der Waals surface area contributed by atoms with Gasteiger partial charge in [0.2, 0.25) is 0 Å². The van der Waals surface area contributed by atoms with E-state index < -0.39 is 5.91 Å². The molecule has 31 heavy (non-hydrogen) atoms. The average molecular weight is 457 g/mol. The highest BCUT2D eigenvalue weighted by Gasteiger charge is 2.21. The quantitative estimate of drug-likeness (QED) is 0.404. The molecular weight excluding hydrogens is 439 g/mol. The van der Waals surface area contributed by atoms with Gasteiger partial charge in [0.05, 0.1) is 12.1 Å². The number of hydrogen-bond acceptors (Lipinski definition) is 5. The number of halogens is 2. The molecule has 158 valence electrons. The zero-order valence-electron chi connectivity index (χ0n) is 16.5. The number of nitrogens with one attached hydrogen (secondary N) is 1. The highest BCUT2D eigenvalue weighted by Crippen LogP contribution is 2.25. The number of ether oxygens (including phenoxy) is 1. The number of carbonyl (C=O) groups is 1. The molecule has 0 fully saturated rings. The van der Waals surface area contributed by atoms with Crippen LogP contribution in [0.5, 0.6) is 5.75 Å². The van der Waals surface area contributed by atoms with Crippen molar-refractivity contribution in [1.29, 1.82) is 0 Å². The van der Waals surface area contributed by atoms with Gasteiger partial charge in [-0.1, -0.05) is 52.6 Å². The Labute approximate surface area is 188 Å². The first kappa shape index (κ1) is 21.0. The molecule has 0 saturated heterocycles. The Kier molecular flexibility index (Phi) is 6.25. The maximum absolute atomic E-state index is 12.8. The van der Waals surface area contributed by atoms with Crippen LogP contribution in [-0.4, -0.2) is 20.8 Å². The van der Waals surface area contributed by atoms with E-state index in [-0.39, 0.29) is 12.3 Å². The first-order valence-electron chi connectivity index (χ1n) is 9.42. The number of hydrogen-bond donors (Lipinski definition) is 1. The highest BCUT2D eigenvalue weighted by molar-refractivity contribution is 6.35. The minimum absolute atomic E-state index is 0.150. The van der Waals surface area contributed by atoms with Crippen LogP contribution in [-0.2, 0) is 13.2 Å². The van der Waals surface area contributed by atoms with Gasteiger partial charge >= 0.3 is 0 Å². The molecule has 2 heterocycles. The first-order chi connectivity index (χ1) is 15.0. The molecule has 0 atom stereocenters. The monoisotopic (exact) mass is 456 g/mol. The van der Waals surface area contributed by atoms with Crippen molar-refractivity contribution in [2.75, 3.05) is 5.32 Å². The molecule has 2 aromatic heterocycles. The van der Waals surface area contributed by atoms with Crippen molar-refractivity contribution in [3.8, 4) is 5.75 Å². The van der Waals surface area contributed by atoms with E-state index >= 15 is 0 Å². The molecule has 9 heteroatoms. The fourth-order valence-corrected chi connectivity index (χ4v) is 3.47. The number of carbonyl (C=O) groups excluding carboxylic acids is 1. The third-order valence-electron chi connectivity index (χ3n) is 4.59. The third-order valence-corrected chi connectivity index (χ3v) is 5.30. The second kappa shape index (κ2) is 9.24. The SMILES string of the molecule is Cc1onc(C(=O)Nc2ccn(Cc3c(Cl)cccc3Cl)n2)c1COc1ccccc1. The summed E-state index contributed by atoms with van der Waals surface area (Å²) in [5, 5.41) is 12.1. The Morgan fingerprint density at radius 3 is 2.55 bits per heavy atom. The summed E-state index contributed by atoms with van der Waals surface area (Å²) in [5.74, 6) is 1.12. The van der Waals surface area contributed by atoms with Gasteiger partial charge < -0.3 is 14.6 Å². The van der Waals surface area contributed by atoms with Gasteiger partial charge in [-0.05, 0) is 31.2 Å². The van der Waals surface area contributed by atoms with Crippen molar-refractivity contribution >= 4 is 34.9 Å². The molecule has 0 saturated carbocycles. The van der Waals surface area contributed by atoms with Crippen molar-refractivity contribution in [3.05, 3.63) is 93.4 Å². The topological polar surface area (TPSA) is 82.2 Å². The van der Waals surface area contributed by atoms with Gasteiger partial charge in [0.1, 0.15) is 18.1 Å². The molecule has 0 aliphatic rings.